The van der Waals surface area contributed by atoms with E-state index >= 15 is 0 Å². The predicted octanol–water partition coefficient (Wildman–Crippen LogP) is 2.16. The second kappa shape index (κ2) is 6.02. The molecule has 0 amide bonds. The molecule has 0 radical (unpaired) electrons. The maximum absolute atomic E-state index is 6.05. The minimum absolute atomic E-state index is 0.676. The van der Waals surface area contributed by atoms with Gasteiger partial charge < -0.3 is 15.5 Å². The Morgan fingerprint density at radius 3 is 2.87 bits per heavy atom. The molecule has 3 aromatic rings. The summed E-state index contributed by atoms with van der Waals surface area (Å²) in [5, 5.41) is 15.7. The van der Waals surface area contributed by atoms with E-state index in [1.807, 2.05) is 24.3 Å². The van der Waals surface area contributed by atoms with Gasteiger partial charge in [-0.15, -0.1) is 0 Å². The molecule has 0 saturated carbocycles. The Bertz CT molecular complexity index is 826. The van der Waals surface area contributed by atoms with Crippen molar-refractivity contribution in [2.75, 3.05) is 36.4 Å². The first-order valence-electron chi connectivity index (χ1n) is 7.48. The Labute approximate surface area is 138 Å². The van der Waals surface area contributed by atoms with Crippen LogP contribution in [0.25, 0.3) is 11.0 Å². The zero-order chi connectivity index (χ0) is 15.6. The molecule has 3 N–H and O–H groups in total. The van der Waals surface area contributed by atoms with Gasteiger partial charge in [-0.3, -0.25) is 5.10 Å². The molecular formula is C15H16ClN7. The fourth-order valence-corrected chi connectivity index (χ4v) is 2.94. The van der Waals surface area contributed by atoms with E-state index in [1.165, 1.54) is 6.33 Å². The largest absolute Gasteiger partial charge is 0.352 e. The Morgan fingerprint density at radius 2 is 2.04 bits per heavy atom. The van der Waals surface area contributed by atoms with Crippen molar-refractivity contribution in [3.05, 3.63) is 35.6 Å². The van der Waals surface area contributed by atoms with E-state index in [4.69, 9.17) is 11.6 Å². The number of nitrogens with zero attached hydrogens (tertiary/aromatic N) is 4. The van der Waals surface area contributed by atoms with Crippen molar-refractivity contribution in [1.82, 2.24) is 25.5 Å². The molecule has 0 atom stereocenters. The number of benzene rings is 1. The van der Waals surface area contributed by atoms with Crippen LogP contribution >= 0.6 is 11.6 Å². The molecule has 1 aromatic carbocycles. The van der Waals surface area contributed by atoms with E-state index in [1.54, 1.807) is 0 Å². The number of piperazine rings is 1. The Hall–Kier alpha value is -2.38. The second-order valence-electron chi connectivity index (χ2n) is 5.37. The second-order valence-corrected chi connectivity index (χ2v) is 5.80. The van der Waals surface area contributed by atoms with Crippen LogP contribution in [0, 0.1) is 0 Å². The average molecular weight is 330 g/mol. The quantitative estimate of drug-likeness (QED) is 0.683. The van der Waals surface area contributed by atoms with Crippen molar-refractivity contribution < 1.29 is 0 Å². The molecule has 4 rings (SSSR count). The lowest BCUT2D eigenvalue weighted by Crippen LogP contribution is -2.43. The maximum atomic E-state index is 6.05. The number of hydrogen-bond acceptors (Lipinski definition) is 6. The molecule has 1 aliphatic heterocycles. The molecule has 0 bridgehead atoms. The van der Waals surface area contributed by atoms with Gasteiger partial charge >= 0.3 is 0 Å². The van der Waals surface area contributed by atoms with Gasteiger partial charge in [0.15, 0.2) is 11.5 Å². The molecule has 7 nitrogen and oxygen atoms in total. The standard InChI is InChI=1S/C15H16ClN7/c16-10-2-1-3-11(8-10)20-13-12-14(19-9-18-13)21-22-15(12)23-6-4-17-5-7-23/h1-3,8-9,17H,4-7H2,(H2,18,19,20,21,22). The summed E-state index contributed by atoms with van der Waals surface area (Å²) in [6, 6.07) is 7.55. The van der Waals surface area contributed by atoms with Crippen LogP contribution in [-0.4, -0.2) is 46.3 Å². The van der Waals surface area contributed by atoms with Crippen molar-refractivity contribution in [2.45, 2.75) is 0 Å². The zero-order valence-corrected chi connectivity index (χ0v) is 13.1. The molecule has 0 spiro atoms. The normalized spacial score (nSPS) is 15.1. The lowest BCUT2D eigenvalue weighted by Gasteiger charge is -2.27. The zero-order valence-electron chi connectivity index (χ0n) is 12.4. The van der Waals surface area contributed by atoms with Crippen LogP contribution in [-0.2, 0) is 0 Å². The Kier molecular flexibility index (Phi) is 3.72. The summed E-state index contributed by atoms with van der Waals surface area (Å²) in [4.78, 5) is 10.9. The van der Waals surface area contributed by atoms with E-state index in [-0.39, 0.29) is 0 Å². The number of hydrogen-bond donors (Lipinski definition) is 3. The summed E-state index contributed by atoms with van der Waals surface area (Å²) in [5.41, 5.74) is 1.60. The van der Waals surface area contributed by atoms with Crippen molar-refractivity contribution in [3.8, 4) is 0 Å². The van der Waals surface area contributed by atoms with E-state index in [9.17, 15) is 0 Å². The van der Waals surface area contributed by atoms with Crippen molar-refractivity contribution >= 4 is 40.0 Å². The number of aromatic nitrogens is 4. The van der Waals surface area contributed by atoms with E-state index in [2.05, 4.69) is 35.7 Å². The topological polar surface area (TPSA) is 81.8 Å². The number of aromatic amines is 1. The molecule has 23 heavy (non-hydrogen) atoms. The summed E-state index contributed by atoms with van der Waals surface area (Å²) in [6.07, 6.45) is 1.52. The van der Waals surface area contributed by atoms with Crippen molar-refractivity contribution in [3.63, 3.8) is 0 Å². The average Bonchev–Trinajstić information content (AvgIpc) is 3.01. The molecule has 0 unspecified atom stereocenters. The first-order chi connectivity index (χ1) is 11.3. The first-order valence-corrected chi connectivity index (χ1v) is 7.86. The van der Waals surface area contributed by atoms with Gasteiger partial charge in [0.25, 0.3) is 0 Å². The first kappa shape index (κ1) is 14.2. The highest BCUT2D eigenvalue weighted by Gasteiger charge is 2.20. The van der Waals surface area contributed by atoms with Crippen LogP contribution in [0.2, 0.25) is 5.02 Å². The van der Waals surface area contributed by atoms with E-state index in [0.717, 1.165) is 54.5 Å². The molecule has 1 saturated heterocycles. The molecule has 8 heteroatoms. The highest BCUT2D eigenvalue weighted by molar-refractivity contribution is 6.30. The van der Waals surface area contributed by atoms with Gasteiger partial charge in [0.2, 0.25) is 0 Å². The van der Waals surface area contributed by atoms with Gasteiger partial charge in [0.05, 0.1) is 0 Å². The molecule has 2 aromatic heterocycles. The van der Waals surface area contributed by atoms with Gasteiger partial charge in [-0.05, 0) is 18.2 Å². The van der Waals surface area contributed by atoms with Gasteiger partial charge in [-0.1, -0.05) is 17.7 Å². The highest BCUT2D eigenvalue weighted by atomic mass is 35.5. The van der Waals surface area contributed by atoms with Crippen LogP contribution < -0.4 is 15.5 Å². The molecule has 1 aliphatic rings. The van der Waals surface area contributed by atoms with Gasteiger partial charge in [0, 0.05) is 36.9 Å². The maximum Gasteiger partial charge on any atom is 0.163 e. The number of fused-ring (bicyclic) bond motifs is 1. The molecule has 1 fully saturated rings. The SMILES string of the molecule is Clc1cccc(Nc2ncnc3[nH]nc(N4CCNCC4)c23)c1. The summed E-state index contributed by atoms with van der Waals surface area (Å²) in [7, 11) is 0. The lowest BCUT2D eigenvalue weighted by atomic mass is 10.2. The summed E-state index contributed by atoms with van der Waals surface area (Å²) < 4.78 is 0. The van der Waals surface area contributed by atoms with Crippen molar-refractivity contribution in [2.24, 2.45) is 0 Å². The van der Waals surface area contributed by atoms with Crippen LogP contribution in [0.5, 0.6) is 0 Å². The Morgan fingerprint density at radius 1 is 1.17 bits per heavy atom. The molecule has 0 aliphatic carbocycles. The number of H-pyrrole nitrogens is 1. The minimum atomic E-state index is 0.676. The van der Waals surface area contributed by atoms with Gasteiger partial charge in [-0.2, -0.15) is 5.10 Å². The molecule has 118 valence electrons. The summed E-state index contributed by atoms with van der Waals surface area (Å²) in [5.74, 6) is 1.60. The minimum Gasteiger partial charge on any atom is -0.352 e. The highest BCUT2D eigenvalue weighted by Crippen LogP contribution is 2.30. The summed E-state index contributed by atoms with van der Waals surface area (Å²) >= 11 is 6.05. The third kappa shape index (κ3) is 2.80. The monoisotopic (exact) mass is 329 g/mol. The third-order valence-corrected chi connectivity index (χ3v) is 4.08. The number of anilines is 3. The third-order valence-electron chi connectivity index (χ3n) is 3.84. The smallest absolute Gasteiger partial charge is 0.163 e. The number of halogens is 1. The van der Waals surface area contributed by atoms with Crippen LogP contribution in [0.3, 0.4) is 0 Å². The molecule has 3 heterocycles. The van der Waals surface area contributed by atoms with Crippen LogP contribution in [0.4, 0.5) is 17.3 Å². The van der Waals surface area contributed by atoms with E-state index in [0.29, 0.717) is 5.02 Å². The lowest BCUT2D eigenvalue weighted by molar-refractivity contribution is 0.585. The summed E-state index contributed by atoms with van der Waals surface area (Å²) in [6.45, 7) is 3.70. The van der Waals surface area contributed by atoms with Crippen molar-refractivity contribution in [1.29, 1.82) is 0 Å². The predicted molar refractivity (Wildman–Crippen MR) is 91.5 cm³/mol. The van der Waals surface area contributed by atoms with Crippen LogP contribution in [0.1, 0.15) is 0 Å². The number of rotatable bonds is 3. The van der Waals surface area contributed by atoms with Crippen LogP contribution in [0.15, 0.2) is 30.6 Å². The fraction of sp³-hybridized carbons (Fsp3) is 0.267. The Balaban J connectivity index is 1.75. The molecular weight excluding hydrogens is 314 g/mol. The van der Waals surface area contributed by atoms with E-state index < -0.39 is 0 Å². The van der Waals surface area contributed by atoms with Gasteiger partial charge in [-0.25, -0.2) is 9.97 Å². The fourth-order valence-electron chi connectivity index (χ4n) is 2.75. The number of nitrogens with one attached hydrogen (secondary N) is 3. The van der Waals surface area contributed by atoms with Gasteiger partial charge in [0.1, 0.15) is 17.5 Å².